The van der Waals surface area contributed by atoms with Crippen LogP contribution in [0.2, 0.25) is 0 Å². The molecule has 6 nitrogen and oxygen atoms in total. The first-order valence-electron chi connectivity index (χ1n) is 7.30. The molecule has 0 bridgehead atoms. The summed E-state index contributed by atoms with van der Waals surface area (Å²) in [5.41, 5.74) is 16.2. The Bertz CT molecular complexity index is 211. The van der Waals surface area contributed by atoms with Crippen LogP contribution < -0.4 is 17.2 Å². The van der Waals surface area contributed by atoms with Crippen molar-refractivity contribution in [3.05, 3.63) is 0 Å². The second kappa shape index (κ2) is 10.7. The lowest BCUT2D eigenvalue weighted by Gasteiger charge is -2.32. The van der Waals surface area contributed by atoms with Gasteiger partial charge in [0.05, 0.1) is 19.8 Å². The highest BCUT2D eigenvalue weighted by molar-refractivity contribution is 6.12. The molecule has 0 amide bonds. The van der Waals surface area contributed by atoms with Crippen LogP contribution in [0.3, 0.4) is 0 Å². The summed E-state index contributed by atoms with van der Waals surface area (Å²) in [5, 5.41) is 0. The zero-order valence-corrected chi connectivity index (χ0v) is 13.9. The standard InChI is InChI=1S/C13H30N3O3Si/c1-4-10(14)7-17-13(20,18-8-11(15)5-2)19-9-12(16)6-3/h10-12H,4-9,14-16H2,1-3H3. The van der Waals surface area contributed by atoms with Gasteiger partial charge in [-0.2, -0.15) is 0 Å². The topological polar surface area (TPSA) is 106 Å². The van der Waals surface area contributed by atoms with Gasteiger partial charge in [0.25, 0.3) is 0 Å². The van der Waals surface area contributed by atoms with Crippen molar-refractivity contribution in [3.63, 3.8) is 0 Å². The van der Waals surface area contributed by atoms with E-state index in [4.69, 9.17) is 31.4 Å². The molecule has 0 aliphatic rings. The Balaban J connectivity index is 4.40. The average Bonchev–Trinajstić information content (AvgIpc) is 2.47. The molecule has 0 aromatic heterocycles. The van der Waals surface area contributed by atoms with Gasteiger partial charge in [0.2, 0.25) is 5.60 Å². The van der Waals surface area contributed by atoms with Crippen molar-refractivity contribution in [2.75, 3.05) is 19.8 Å². The summed E-state index contributed by atoms with van der Waals surface area (Å²) >= 11 is 0. The Kier molecular flexibility index (Phi) is 10.7. The lowest BCUT2D eigenvalue weighted by Crippen LogP contribution is -2.47. The fourth-order valence-electron chi connectivity index (χ4n) is 1.13. The van der Waals surface area contributed by atoms with Gasteiger partial charge < -0.3 is 31.4 Å². The van der Waals surface area contributed by atoms with Gasteiger partial charge in [0.1, 0.15) is 0 Å². The maximum Gasteiger partial charge on any atom is 0.248 e. The van der Waals surface area contributed by atoms with E-state index in [0.29, 0.717) is 19.8 Å². The van der Waals surface area contributed by atoms with Crippen LogP contribution >= 0.6 is 0 Å². The van der Waals surface area contributed by atoms with Crippen molar-refractivity contribution in [1.82, 2.24) is 0 Å². The molecule has 0 aliphatic carbocycles. The summed E-state index contributed by atoms with van der Waals surface area (Å²) in [4.78, 5) is 0. The molecule has 3 radical (unpaired) electrons. The van der Waals surface area contributed by atoms with Gasteiger partial charge in [-0.1, -0.05) is 20.8 Å². The first-order chi connectivity index (χ1) is 9.36. The van der Waals surface area contributed by atoms with Gasteiger partial charge >= 0.3 is 0 Å². The van der Waals surface area contributed by atoms with Crippen molar-refractivity contribution >= 4 is 10.2 Å². The zero-order chi connectivity index (χ0) is 15.6. The third kappa shape index (κ3) is 9.01. The largest absolute Gasteiger partial charge is 0.331 e. The van der Waals surface area contributed by atoms with Gasteiger partial charge in [-0.15, -0.1) is 0 Å². The van der Waals surface area contributed by atoms with E-state index in [9.17, 15) is 0 Å². The van der Waals surface area contributed by atoms with E-state index in [1.807, 2.05) is 20.8 Å². The number of ether oxygens (including phenoxy) is 3. The number of hydrogen-bond donors (Lipinski definition) is 3. The van der Waals surface area contributed by atoms with Crippen LogP contribution in [0.4, 0.5) is 0 Å². The molecule has 0 aromatic carbocycles. The third-order valence-electron chi connectivity index (χ3n) is 3.04. The van der Waals surface area contributed by atoms with Gasteiger partial charge in [-0.05, 0) is 19.3 Å². The Labute approximate surface area is 126 Å². The van der Waals surface area contributed by atoms with E-state index in [2.05, 4.69) is 10.2 Å². The molecule has 0 heterocycles. The normalized spacial score (nSPS) is 19.4. The van der Waals surface area contributed by atoms with Crippen molar-refractivity contribution in [2.24, 2.45) is 17.2 Å². The fraction of sp³-hybridized carbons (Fsp3) is 1.00. The van der Waals surface area contributed by atoms with E-state index in [0.717, 1.165) is 19.3 Å². The van der Waals surface area contributed by atoms with Crippen LogP contribution in [0.1, 0.15) is 40.0 Å². The summed E-state index contributed by atoms with van der Waals surface area (Å²) in [6.07, 6.45) is 2.43. The van der Waals surface area contributed by atoms with Crippen molar-refractivity contribution < 1.29 is 14.2 Å². The van der Waals surface area contributed by atoms with E-state index < -0.39 is 5.60 Å². The summed E-state index contributed by atoms with van der Waals surface area (Å²) in [6.45, 7) is 6.94. The molecule has 119 valence electrons. The first kappa shape index (κ1) is 20.0. The molecule has 20 heavy (non-hydrogen) atoms. The summed E-state index contributed by atoms with van der Waals surface area (Å²) < 4.78 is 16.8. The smallest absolute Gasteiger partial charge is 0.248 e. The molecule has 0 spiro atoms. The molecular weight excluding hydrogens is 274 g/mol. The highest BCUT2D eigenvalue weighted by atomic mass is 28.1. The number of rotatable bonds is 12. The van der Waals surface area contributed by atoms with Crippen LogP contribution in [-0.2, 0) is 14.2 Å². The minimum absolute atomic E-state index is 0.0716. The predicted octanol–water partition coefficient (Wildman–Crippen LogP) is 0.0279. The lowest BCUT2D eigenvalue weighted by atomic mass is 10.2. The van der Waals surface area contributed by atoms with Crippen LogP contribution in [0.15, 0.2) is 0 Å². The predicted molar refractivity (Wildman–Crippen MR) is 81.1 cm³/mol. The van der Waals surface area contributed by atoms with Gasteiger partial charge in [-0.25, -0.2) is 0 Å². The van der Waals surface area contributed by atoms with Crippen LogP contribution in [0.5, 0.6) is 0 Å². The van der Waals surface area contributed by atoms with E-state index >= 15 is 0 Å². The molecular formula is C13H30N3O3Si. The fourth-order valence-corrected chi connectivity index (χ4v) is 1.38. The third-order valence-corrected chi connectivity index (χ3v) is 3.47. The Hall–Kier alpha value is -0.0231. The highest BCUT2D eigenvalue weighted by Crippen LogP contribution is 2.13. The second-order valence-corrected chi connectivity index (χ2v) is 5.61. The number of hydrogen-bond acceptors (Lipinski definition) is 6. The van der Waals surface area contributed by atoms with E-state index in [1.165, 1.54) is 0 Å². The summed E-state index contributed by atoms with van der Waals surface area (Å²) in [7, 11) is 3.38. The molecule has 3 unspecified atom stereocenters. The first-order valence-corrected chi connectivity index (χ1v) is 7.80. The van der Waals surface area contributed by atoms with Crippen LogP contribution in [0, 0.1) is 0 Å². The Morgan fingerprint density at radius 2 is 1.00 bits per heavy atom. The Morgan fingerprint density at radius 3 is 1.20 bits per heavy atom. The molecule has 7 heteroatoms. The van der Waals surface area contributed by atoms with Crippen LogP contribution in [-0.4, -0.2) is 53.8 Å². The molecule has 0 saturated carbocycles. The summed E-state index contributed by atoms with van der Waals surface area (Å²) in [6, 6.07) is -0.215. The monoisotopic (exact) mass is 304 g/mol. The second-order valence-electron chi connectivity index (χ2n) is 4.99. The van der Waals surface area contributed by atoms with Crippen LogP contribution in [0.25, 0.3) is 0 Å². The molecule has 6 N–H and O–H groups in total. The minimum Gasteiger partial charge on any atom is -0.331 e. The zero-order valence-electron chi connectivity index (χ0n) is 12.9. The lowest BCUT2D eigenvalue weighted by molar-refractivity contribution is -0.328. The van der Waals surface area contributed by atoms with Gasteiger partial charge in [0, 0.05) is 18.1 Å². The van der Waals surface area contributed by atoms with Crippen molar-refractivity contribution in [2.45, 2.75) is 63.8 Å². The molecule has 0 fully saturated rings. The summed E-state index contributed by atoms with van der Waals surface area (Å²) in [5.74, 6) is 0. The highest BCUT2D eigenvalue weighted by Gasteiger charge is 2.29. The minimum atomic E-state index is -1.34. The van der Waals surface area contributed by atoms with Gasteiger partial charge in [-0.3, -0.25) is 0 Å². The number of nitrogens with two attached hydrogens (primary N) is 3. The maximum absolute atomic E-state index is 5.84. The Morgan fingerprint density at radius 1 is 0.750 bits per heavy atom. The SMILES string of the molecule is CCC(N)COC([Si])(OCC(N)CC)OCC(N)CC. The molecule has 0 saturated heterocycles. The molecule has 0 aromatic rings. The molecule has 0 aliphatic heterocycles. The van der Waals surface area contributed by atoms with E-state index in [-0.39, 0.29) is 18.1 Å². The average molecular weight is 304 g/mol. The quantitative estimate of drug-likeness (QED) is 0.347. The molecule has 3 atom stereocenters. The van der Waals surface area contributed by atoms with Crippen molar-refractivity contribution in [3.8, 4) is 0 Å². The maximum atomic E-state index is 5.84. The van der Waals surface area contributed by atoms with Gasteiger partial charge in [0.15, 0.2) is 10.2 Å². The molecule has 0 rings (SSSR count). The van der Waals surface area contributed by atoms with Crippen molar-refractivity contribution in [1.29, 1.82) is 0 Å². The van der Waals surface area contributed by atoms with E-state index in [1.54, 1.807) is 0 Å².